The molecule has 96 valence electrons. The van der Waals surface area contributed by atoms with Gasteiger partial charge in [0, 0.05) is 32.7 Å². The molecule has 1 N–H and O–H groups in total. The van der Waals surface area contributed by atoms with Crippen LogP contribution in [0.25, 0.3) is 10.9 Å². The van der Waals surface area contributed by atoms with Crippen LogP contribution in [0.2, 0.25) is 10.0 Å². The van der Waals surface area contributed by atoms with E-state index < -0.39 is 0 Å². The van der Waals surface area contributed by atoms with Crippen LogP contribution in [0, 0.1) is 0 Å². The first-order chi connectivity index (χ1) is 9.22. The highest BCUT2D eigenvalue weighted by Gasteiger charge is 2.05. The fraction of sp³-hybridized carbons (Fsp3) is 0.0667. The zero-order valence-electron chi connectivity index (χ0n) is 9.99. The van der Waals surface area contributed by atoms with Gasteiger partial charge in [-0.3, -0.25) is 0 Å². The Labute approximate surface area is 120 Å². The van der Waals surface area contributed by atoms with Crippen LogP contribution >= 0.6 is 23.2 Å². The molecule has 0 radical (unpaired) electrons. The quantitative estimate of drug-likeness (QED) is 0.717. The van der Waals surface area contributed by atoms with Gasteiger partial charge in [-0.25, -0.2) is 0 Å². The Morgan fingerprint density at radius 3 is 2.47 bits per heavy atom. The Kier molecular flexibility index (Phi) is 3.36. The smallest absolute Gasteiger partial charge is 0.119 e. The summed E-state index contributed by atoms with van der Waals surface area (Å²) in [4.78, 5) is 3.20. The van der Waals surface area contributed by atoms with Gasteiger partial charge in [0.05, 0.1) is 0 Å². The molecular formula is C15H11Cl2NO. The Morgan fingerprint density at radius 2 is 1.68 bits per heavy atom. The fourth-order valence-corrected chi connectivity index (χ4v) is 2.26. The molecule has 0 atom stereocenters. The van der Waals surface area contributed by atoms with Gasteiger partial charge in [-0.1, -0.05) is 23.2 Å². The van der Waals surface area contributed by atoms with Crippen molar-refractivity contribution in [2.75, 3.05) is 0 Å². The molecule has 0 saturated carbocycles. The van der Waals surface area contributed by atoms with Crippen molar-refractivity contribution in [2.24, 2.45) is 0 Å². The van der Waals surface area contributed by atoms with Crippen molar-refractivity contribution in [1.82, 2.24) is 4.98 Å². The van der Waals surface area contributed by atoms with Gasteiger partial charge in [-0.2, -0.15) is 0 Å². The summed E-state index contributed by atoms with van der Waals surface area (Å²) in [6, 6.07) is 13.1. The molecule has 0 aliphatic carbocycles. The van der Waals surface area contributed by atoms with E-state index in [1.165, 1.54) is 0 Å². The second-order valence-electron chi connectivity index (χ2n) is 4.25. The Bertz CT molecular complexity index is 704. The van der Waals surface area contributed by atoms with Gasteiger partial charge in [0.25, 0.3) is 0 Å². The van der Waals surface area contributed by atoms with Crippen molar-refractivity contribution in [1.29, 1.82) is 0 Å². The minimum absolute atomic E-state index is 0.488. The molecule has 2 aromatic carbocycles. The maximum Gasteiger partial charge on any atom is 0.119 e. The molecule has 0 fully saturated rings. The third-order valence-corrected chi connectivity index (χ3v) is 3.42. The zero-order valence-corrected chi connectivity index (χ0v) is 11.5. The van der Waals surface area contributed by atoms with E-state index in [9.17, 15) is 0 Å². The lowest BCUT2D eigenvalue weighted by atomic mass is 10.2. The van der Waals surface area contributed by atoms with E-state index in [0.29, 0.717) is 11.6 Å². The lowest BCUT2D eigenvalue weighted by molar-refractivity contribution is 0.307. The minimum atomic E-state index is 0.488. The van der Waals surface area contributed by atoms with Crippen LogP contribution in [0.3, 0.4) is 0 Å². The highest BCUT2D eigenvalue weighted by molar-refractivity contribution is 6.31. The lowest BCUT2D eigenvalue weighted by Crippen LogP contribution is -1.94. The molecule has 0 aliphatic heterocycles. The predicted molar refractivity (Wildman–Crippen MR) is 79.1 cm³/mol. The number of hydrogen-bond acceptors (Lipinski definition) is 1. The molecule has 4 heteroatoms. The Hall–Kier alpha value is -1.64. The van der Waals surface area contributed by atoms with E-state index >= 15 is 0 Å². The van der Waals surface area contributed by atoms with Crippen molar-refractivity contribution >= 4 is 34.1 Å². The Morgan fingerprint density at radius 1 is 0.947 bits per heavy atom. The normalized spacial score (nSPS) is 10.8. The topological polar surface area (TPSA) is 25.0 Å². The molecule has 0 amide bonds. The summed E-state index contributed by atoms with van der Waals surface area (Å²) in [5, 5.41) is 2.51. The Balaban J connectivity index is 1.81. The van der Waals surface area contributed by atoms with Gasteiger partial charge in [0.1, 0.15) is 12.4 Å². The average Bonchev–Trinajstić information content (AvgIpc) is 2.80. The van der Waals surface area contributed by atoms with Crippen molar-refractivity contribution in [3.63, 3.8) is 0 Å². The molecule has 1 heterocycles. The summed E-state index contributed by atoms with van der Waals surface area (Å²) in [6.45, 7) is 0.488. The number of hydrogen-bond donors (Lipinski definition) is 1. The van der Waals surface area contributed by atoms with E-state index in [0.717, 1.165) is 27.2 Å². The number of ether oxygens (including phenoxy) is 1. The molecule has 1 aromatic heterocycles. The number of rotatable bonds is 3. The summed E-state index contributed by atoms with van der Waals surface area (Å²) < 4.78 is 5.73. The van der Waals surface area contributed by atoms with Crippen LogP contribution in [-0.4, -0.2) is 4.98 Å². The summed E-state index contributed by atoms with van der Waals surface area (Å²) in [6.07, 6.45) is 1.94. The van der Waals surface area contributed by atoms with Crippen LogP contribution in [-0.2, 0) is 6.61 Å². The van der Waals surface area contributed by atoms with Crippen LogP contribution in [0.1, 0.15) is 5.56 Å². The van der Waals surface area contributed by atoms with Gasteiger partial charge in [-0.15, -0.1) is 0 Å². The van der Waals surface area contributed by atoms with Crippen LogP contribution < -0.4 is 4.74 Å². The van der Waals surface area contributed by atoms with E-state index in [4.69, 9.17) is 27.9 Å². The number of H-pyrrole nitrogens is 1. The molecule has 0 spiro atoms. The minimum Gasteiger partial charge on any atom is -0.489 e. The molecule has 0 bridgehead atoms. The van der Waals surface area contributed by atoms with E-state index in [1.807, 2.05) is 48.7 Å². The second-order valence-corrected chi connectivity index (χ2v) is 5.12. The first kappa shape index (κ1) is 12.4. The fourth-order valence-electron chi connectivity index (χ4n) is 1.96. The highest BCUT2D eigenvalue weighted by Crippen LogP contribution is 2.24. The largest absolute Gasteiger partial charge is 0.489 e. The number of aromatic nitrogens is 1. The zero-order chi connectivity index (χ0) is 13.2. The standard InChI is InChI=1S/C15H11Cl2NO/c16-11-1-4-13(5-2-11)19-9-10-8-18-15-6-3-12(17)7-14(10)15/h1-8,18H,9H2. The average molecular weight is 292 g/mol. The number of nitrogens with one attached hydrogen (secondary N) is 1. The molecule has 0 aliphatic rings. The van der Waals surface area contributed by atoms with Gasteiger partial charge in [-0.05, 0) is 42.5 Å². The SMILES string of the molecule is Clc1ccc(OCc2c[nH]c3ccc(Cl)cc23)cc1. The first-order valence-corrected chi connectivity index (χ1v) is 6.62. The predicted octanol–water partition coefficient (Wildman–Crippen LogP) is 5.05. The van der Waals surface area contributed by atoms with Gasteiger partial charge >= 0.3 is 0 Å². The van der Waals surface area contributed by atoms with E-state index in [1.54, 1.807) is 0 Å². The van der Waals surface area contributed by atoms with Gasteiger partial charge in [0.2, 0.25) is 0 Å². The molecule has 2 nitrogen and oxygen atoms in total. The van der Waals surface area contributed by atoms with Crippen LogP contribution in [0.15, 0.2) is 48.7 Å². The molecule has 0 unspecified atom stereocenters. The number of benzene rings is 2. The molecular weight excluding hydrogens is 281 g/mol. The summed E-state index contributed by atoms with van der Waals surface area (Å²) in [5.74, 6) is 0.792. The molecule has 19 heavy (non-hydrogen) atoms. The maximum atomic E-state index is 6.01. The molecule has 0 saturated heterocycles. The van der Waals surface area contributed by atoms with Crippen molar-refractivity contribution in [3.05, 3.63) is 64.3 Å². The number of halogens is 2. The molecule has 3 aromatic rings. The summed E-state index contributed by atoms with van der Waals surface area (Å²) in [7, 11) is 0. The molecule has 3 rings (SSSR count). The second kappa shape index (κ2) is 5.16. The lowest BCUT2D eigenvalue weighted by Gasteiger charge is -2.05. The number of aromatic amines is 1. The van der Waals surface area contributed by atoms with Crippen molar-refractivity contribution in [2.45, 2.75) is 6.61 Å². The van der Waals surface area contributed by atoms with E-state index in [2.05, 4.69) is 4.98 Å². The summed E-state index contributed by atoms with van der Waals surface area (Å²) in [5.41, 5.74) is 2.13. The third kappa shape index (κ3) is 2.70. The van der Waals surface area contributed by atoms with Crippen LogP contribution in [0.5, 0.6) is 5.75 Å². The number of fused-ring (bicyclic) bond motifs is 1. The van der Waals surface area contributed by atoms with Crippen molar-refractivity contribution < 1.29 is 4.74 Å². The third-order valence-electron chi connectivity index (χ3n) is 2.94. The summed E-state index contributed by atoms with van der Waals surface area (Å²) >= 11 is 11.8. The van der Waals surface area contributed by atoms with Crippen LogP contribution in [0.4, 0.5) is 0 Å². The van der Waals surface area contributed by atoms with Gasteiger partial charge < -0.3 is 9.72 Å². The van der Waals surface area contributed by atoms with E-state index in [-0.39, 0.29) is 0 Å². The first-order valence-electron chi connectivity index (χ1n) is 5.86. The maximum absolute atomic E-state index is 6.01. The monoisotopic (exact) mass is 291 g/mol. The highest BCUT2D eigenvalue weighted by atomic mass is 35.5. The van der Waals surface area contributed by atoms with Crippen molar-refractivity contribution in [3.8, 4) is 5.75 Å². The van der Waals surface area contributed by atoms with Gasteiger partial charge in [0.15, 0.2) is 0 Å².